The minimum Gasteiger partial charge on any atom is -0.493 e. The SMILES string of the molecule is Cc1ccccc1OCCCC(=O)Nc1cccc(-c2csc(-c3ccccn3)n2)c1. The van der Waals surface area contributed by atoms with Crippen LogP contribution < -0.4 is 10.1 Å². The smallest absolute Gasteiger partial charge is 0.224 e. The van der Waals surface area contributed by atoms with E-state index < -0.39 is 0 Å². The summed E-state index contributed by atoms with van der Waals surface area (Å²) in [4.78, 5) is 21.4. The van der Waals surface area contributed by atoms with Gasteiger partial charge < -0.3 is 10.1 Å². The van der Waals surface area contributed by atoms with E-state index in [0.29, 0.717) is 19.4 Å². The molecular formula is C25H23N3O2S. The van der Waals surface area contributed by atoms with Crippen LogP contribution in [0.15, 0.2) is 78.3 Å². The molecule has 0 atom stereocenters. The molecule has 0 radical (unpaired) electrons. The Morgan fingerprint density at radius 1 is 1.03 bits per heavy atom. The Morgan fingerprint density at radius 3 is 2.74 bits per heavy atom. The fraction of sp³-hybridized carbons (Fsp3) is 0.160. The van der Waals surface area contributed by atoms with Crippen LogP contribution in [0.3, 0.4) is 0 Å². The first-order chi connectivity index (χ1) is 15.2. The number of carbonyl (C=O) groups is 1. The van der Waals surface area contributed by atoms with Crippen molar-refractivity contribution >= 4 is 22.9 Å². The molecule has 0 bridgehead atoms. The van der Waals surface area contributed by atoms with Crippen molar-refractivity contribution < 1.29 is 9.53 Å². The molecule has 156 valence electrons. The van der Waals surface area contributed by atoms with Gasteiger partial charge in [0, 0.05) is 29.2 Å². The molecule has 2 aromatic carbocycles. The average Bonchev–Trinajstić information content (AvgIpc) is 3.29. The van der Waals surface area contributed by atoms with E-state index in [1.54, 1.807) is 17.5 Å². The molecule has 0 fully saturated rings. The van der Waals surface area contributed by atoms with Crippen molar-refractivity contribution in [3.63, 3.8) is 0 Å². The number of nitrogens with zero attached hydrogens (tertiary/aromatic N) is 2. The Morgan fingerprint density at radius 2 is 1.90 bits per heavy atom. The van der Waals surface area contributed by atoms with Gasteiger partial charge >= 0.3 is 0 Å². The highest BCUT2D eigenvalue weighted by Crippen LogP contribution is 2.29. The molecule has 4 aromatic rings. The molecule has 4 rings (SSSR count). The molecule has 0 aliphatic carbocycles. The Balaban J connectivity index is 1.32. The summed E-state index contributed by atoms with van der Waals surface area (Å²) >= 11 is 1.56. The maximum atomic E-state index is 12.3. The predicted octanol–water partition coefficient (Wildman–Crippen LogP) is 5.98. The number of rotatable bonds is 8. The Kier molecular flexibility index (Phi) is 6.69. The van der Waals surface area contributed by atoms with Crippen molar-refractivity contribution in [3.8, 4) is 27.7 Å². The van der Waals surface area contributed by atoms with Gasteiger partial charge in [0.25, 0.3) is 0 Å². The standard InChI is InChI=1S/C25H23N3O2S/c1-18-8-2-3-12-23(18)30-15-7-13-24(29)27-20-10-6-9-19(16-20)22-17-31-25(28-22)21-11-4-5-14-26-21/h2-6,8-12,14,16-17H,7,13,15H2,1H3,(H,27,29). The summed E-state index contributed by atoms with van der Waals surface area (Å²) in [6, 6.07) is 21.4. The molecule has 0 unspecified atom stereocenters. The number of pyridine rings is 1. The third-order valence-electron chi connectivity index (χ3n) is 4.73. The van der Waals surface area contributed by atoms with Crippen molar-refractivity contribution in [3.05, 3.63) is 83.9 Å². The molecule has 0 spiro atoms. The number of aromatic nitrogens is 2. The topological polar surface area (TPSA) is 64.1 Å². The molecule has 0 saturated heterocycles. The first kappa shape index (κ1) is 20.8. The van der Waals surface area contributed by atoms with Crippen molar-refractivity contribution in [1.29, 1.82) is 0 Å². The van der Waals surface area contributed by atoms with E-state index >= 15 is 0 Å². The molecule has 1 amide bonds. The van der Waals surface area contributed by atoms with E-state index in [1.807, 2.05) is 79.0 Å². The monoisotopic (exact) mass is 429 g/mol. The number of anilines is 1. The van der Waals surface area contributed by atoms with Crippen LogP contribution in [-0.4, -0.2) is 22.5 Å². The zero-order chi connectivity index (χ0) is 21.5. The van der Waals surface area contributed by atoms with E-state index in [4.69, 9.17) is 9.72 Å². The number of hydrogen-bond donors (Lipinski definition) is 1. The van der Waals surface area contributed by atoms with Crippen LogP contribution in [0.25, 0.3) is 22.0 Å². The van der Waals surface area contributed by atoms with Crippen molar-refractivity contribution in [1.82, 2.24) is 9.97 Å². The molecule has 0 saturated carbocycles. The zero-order valence-corrected chi connectivity index (χ0v) is 18.1. The van der Waals surface area contributed by atoms with E-state index in [-0.39, 0.29) is 5.91 Å². The third-order valence-corrected chi connectivity index (χ3v) is 5.59. The highest BCUT2D eigenvalue weighted by atomic mass is 32.1. The van der Waals surface area contributed by atoms with E-state index in [1.165, 1.54) is 0 Å². The zero-order valence-electron chi connectivity index (χ0n) is 17.2. The van der Waals surface area contributed by atoms with E-state index in [0.717, 1.165) is 39.0 Å². The number of thiazole rings is 1. The molecular weight excluding hydrogens is 406 g/mol. The summed E-state index contributed by atoms with van der Waals surface area (Å²) < 4.78 is 5.76. The fourth-order valence-corrected chi connectivity index (χ4v) is 3.93. The number of ether oxygens (including phenoxy) is 1. The Labute approximate surface area is 185 Å². The van der Waals surface area contributed by atoms with Crippen LogP contribution in [0.5, 0.6) is 5.75 Å². The predicted molar refractivity (Wildman–Crippen MR) is 125 cm³/mol. The van der Waals surface area contributed by atoms with Crippen LogP contribution in [0.2, 0.25) is 0 Å². The van der Waals surface area contributed by atoms with E-state index in [9.17, 15) is 4.79 Å². The second-order valence-corrected chi connectivity index (χ2v) is 7.96. The van der Waals surface area contributed by atoms with Crippen LogP contribution in [0, 0.1) is 6.92 Å². The summed E-state index contributed by atoms with van der Waals surface area (Å²) in [7, 11) is 0. The summed E-state index contributed by atoms with van der Waals surface area (Å²) in [5.41, 5.74) is 4.54. The molecule has 0 aliphatic heterocycles. The first-order valence-corrected chi connectivity index (χ1v) is 11.0. The molecule has 5 nitrogen and oxygen atoms in total. The first-order valence-electron chi connectivity index (χ1n) is 10.1. The molecule has 2 heterocycles. The van der Waals surface area contributed by atoms with Gasteiger partial charge in [0.1, 0.15) is 10.8 Å². The summed E-state index contributed by atoms with van der Waals surface area (Å²) in [5, 5.41) is 5.85. The van der Waals surface area contributed by atoms with Gasteiger partial charge in [-0.1, -0.05) is 36.4 Å². The second-order valence-electron chi connectivity index (χ2n) is 7.10. The number of para-hydroxylation sites is 1. The average molecular weight is 430 g/mol. The molecule has 2 aromatic heterocycles. The molecule has 1 N–H and O–H groups in total. The van der Waals surface area contributed by atoms with Crippen LogP contribution in [0.1, 0.15) is 18.4 Å². The minimum atomic E-state index is -0.0296. The van der Waals surface area contributed by atoms with Crippen molar-refractivity contribution in [2.75, 3.05) is 11.9 Å². The van der Waals surface area contributed by atoms with Crippen molar-refractivity contribution in [2.24, 2.45) is 0 Å². The van der Waals surface area contributed by atoms with Crippen molar-refractivity contribution in [2.45, 2.75) is 19.8 Å². The van der Waals surface area contributed by atoms with Crippen LogP contribution >= 0.6 is 11.3 Å². The lowest BCUT2D eigenvalue weighted by Crippen LogP contribution is -2.13. The number of benzene rings is 2. The summed E-state index contributed by atoms with van der Waals surface area (Å²) in [5.74, 6) is 0.835. The lowest BCUT2D eigenvalue weighted by molar-refractivity contribution is -0.116. The van der Waals surface area contributed by atoms with Gasteiger partial charge in [0.2, 0.25) is 5.91 Å². The Hall–Kier alpha value is -3.51. The lowest BCUT2D eigenvalue weighted by atomic mass is 10.1. The molecule has 0 aliphatic rings. The van der Waals surface area contributed by atoms with Gasteiger partial charge in [-0.05, 0) is 49.2 Å². The number of hydrogen-bond acceptors (Lipinski definition) is 5. The van der Waals surface area contributed by atoms with Gasteiger partial charge in [-0.2, -0.15) is 0 Å². The number of carbonyl (C=O) groups excluding carboxylic acids is 1. The largest absolute Gasteiger partial charge is 0.493 e. The van der Waals surface area contributed by atoms with Gasteiger partial charge in [0.05, 0.1) is 18.0 Å². The summed E-state index contributed by atoms with van der Waals surface area (Å²) in [6.07, 6.45) is 2.81. The maximum absolute atomic E-state index is 12.3. The second kappa shape index (κ2) is 10.00. The van der Waals surface area contributed by atoms with Gasteiger partial charge in [-0.3, -0.25) is 9.78 Å². The number of aryl methyl sites for hydroxylation is 1. The molecule has 6 heteroatoms. The van der Waals surface area contributed by atoms with Gasteiger partial charge in [-0.15, -0.1) is 11.3 Å². The number of amides is 1. The van der Waals surface area contributed by atoms with Crippen LogP contribution in [-0.2, 0) is 4.79 Å². The third kappa shape index (κ3) is 5.55. The van der Waals surface area contributed by atoms with Gasteiger partial charge in [-0.25, -0.2) is 4.98 Å². The summed E-state index contributed by atoms with van der Waals surface area (Å²) in [6.45, 7) is 2.52. The lowest BCUT2D eigenvalue weighted by Gasteiger charge is -2.09. The maximum Gasteiger partial charge on any atom is 0.224 e. The number of nitrogens with one attached hydrogen (secondary N) is 1. The quantitative estimate of drug-likeness (QED) is 0.350. The fourth-order valence-electron chi connectivity index (χ4n) is 3.13. The van der Waals surface area contributed by atoms with E-state index in [2.05, 4.69) is 10.3 Å². The highest BCUT2D eigenvalue weighted by Gasteiger charge is 2.09. The highest BCUT2D eigenvalue weighted by molar-refractivity contribution is 7.13. The van der Waals surface area contributed by atoms with Gasteiger partial charge in [0.15, 0.2) is 0 Å². The Bertz CT molecular complexity index is 1160. The van der Waals surface area contributed by atoms with Crippen LogP contribution in [0.4, 0.5) is 5.69 Å². The minimum absolute atomic E-state index is 0.0296. The normalized spacial score (nSPS) is 10.6. The molecule has 31 heavy (non-hydrogen) atoms.